The van der Waals surface area contributed by atoms with Gasteiger partial charge in [0.05, 0.1) is 13.1 Å². The molecular weight excluding hydrogens is 370 g/mol. The maximum Gasteiger partial charge on any atom is 0.234 e. The highest BCUT2D eigenvalue weighted by Gasteiger charge is 2.22. The lowest BCUT2D eigenvalue weighted by molar-refractivity contribution is -0.133. The molecule has 1 aliphatic heterocycles. The van der Waals surface area contributed by atoms with Crippen molar-refractivity contribution in [2.45, 2.75) is 39.3 Å². The zero-order valence-electron chi connectivity index (χ0n) is 17.1. The molecule has 29 heavy (non-hydrogen) atoms. The van der Waals surface area contributed by atoms with Crippen LogP contribution in [-0.4, -0.2) is 80.6 Å². The lowest BCUT2D eigenvalue weighted by Crippen LogP contribution is -2.51. The molecule has 1 saturated heterocycles. The largest absolute Gasteiger partial charge is 0.353 e. The van der Waals surface area contributed by atoms with Crippen LogP contribution in [0.1, 0.15) is 26.7 Å². The summed E-state index contributed by atoms with van der Waals surface area (Å²) in [6.07, 6.45) is 1.12. The van der Waals surface area contributed by atoms with Gasteiger partial charge < -0.3 is 10.2 Å². The van der Waals surface area contributed by atoms with Crippen molar-refractivity contribution in [3.8, 4) is 11.4 Å². The van der Waals surface area contributed by atoms with Gasteiger partial charge in [-0.2, -0.15) is 4.80 Å². The number of amides is 2. The van der Waals surface area contributed by atoms with Crippen molar-refractivity contribution in [3.05, 3.63) is 30.3 Å². The van der Waals surface area contributed by atoms with Gasteiger partial charge in [0.2, 0.25) is 17.6 Å². The Labute approximate surface area is 171 Å². The predicted octanol–water partition coefficient (Wildman–Crippen LogP) is 0.789. The molecule has 0 spiro atoms. The van der Waals surface area contributed by atoms with Crippen LogP contribution in [0.15, 0.2) is 30.3 Å². The van der Waals surface area contributed by atoms with E-state index in [2.05, 4.69) is 25.6 Å². The van der Waals surface area contributed by atoms with Crippen LogP contribution in [0.25, 0.3) is 11.4 Å². The van der Waals surface area contributed by atoms with Gasteiger partial charge in [0.15, 0.2) is 0 Å². The third-order valence-corrected chi connectivity index (χ3v) is 4.78. The average molecular weight is 399 g/mol. The molecule has 1 aromatic carbocycles. The third kappa shape index (κ3) is 6.35. The number of nitrogens with zero attached hydrogens (tertiary/aromatic N) is 6. The first-order valence-corrected chi connectivity index (χ1v) is 10.1. The Bertz CT molecular complexity index is 798. The molecule has 9 nitrogen and oxygen atoms in total. The minimum Gasteiger partial charge on any atom is -0.353 e. The van der Waals surface area contributed by atoms with E-state index in [9.17, 15) is 9.59 Å². The van der Waals surface area contributed by atoms with Crippen molar-refractivity contribution in [1.82, 2.24) is 35.3 Å². The Kier molecular flexibility index (Phi) is 7.29. The zero-order chi connectivity index (χ0) is 20.6. The summed E-state index contributed by atoms with van der Waals surface area (Å²) in [7, 11) is 0. The molecular formula is C20H29N7O2. The standard InChI is InChI=1S/C20H29N7O2/c1-16(2)21-18(28)15-25-11-13-26(14-12-25)19(29)9-6-10-27-23-20(22-24-27)17-7-4-3-5-8-17/h3-5,7-8,16H,6,9-15H2,1-2H3,(H,21,28). The van der Waals surface area contributed by atoms with Gasteiger partial charge in [-0.25, -0.2) is 0 Å². The molecule has 156 valence electrons. The van der Waals surface area contributed by atoms with E-state index in [-0.39, 0.29) is 17.9 Å². The van der Waals surface area contributed by atoms with Crippen molar-refractivity contribution in [1.29, 1.82) is 0 Å². The van der Waals surface area contributed by atoms with Crippen molar-refractivity contribution in [2.75, 3.05) is 32.7 Å². The fourth-order valence-electron chi connectivity index (χ4n) is 3.30. The van der Waals surface area contributed by atoms with E-state index in [4.69, 9.17) is 0 Å². The van der Waals surface area contributed by atoms with Gasteiger partial charge in [-0.05, 0) is 25.5 Å². The molecule has 1 aromatic heterocycles. The number of rotatable bonds is 8. The second-order valence-corrected chi connectivity index (χ2v) is 7.56. The first kappa shape index (κ1) is 20.9. The van der Waals surface area contributed by atoms with Crippen molar-refractivity contribution in [3.63, 3.8) is 0 Å². The summed E-state index contributed by atoms with van der Waals surface area (Å²) >= 11 is 0. The van der Waals surface area contributed by atoms with E-state index in [1.165, 1.54) is 0 Å². The number of nitrogens with one attached hydrogen (secondary N) is 1. The fraction of sp³-hybridized carbons (Fsp3) is 0.550. The smallest absolute Gasteiger partial charge is 0.234 e. The molecule has 1 N–H and O–H groups in total. The van der Waals surface area contributed by atoms with E-state index in [0.29, 0.717) is 44.8 Å². The van der Waals surface area contributed by atoms with Gasteiger partial charge in [0.1, 0.15) is 0 Å². The summed E-state index contributed by atoms with van der Waals surface area (Å²) < 4.78 is 0. The molecule has 0 radical (unpaired) electrons. The fourth-order valence-corrected chi connectivity index (χ4v) is 3.30. The summed E-state index contributed by atoms with van der Waals surface area (Å²) in [5.41, 5.74) is 0.926. The highest BCUT2D eigenvalue weighted by atomic mass is 16.2. The summed E-state index contributed by atoms with van der Waals surface area (Å²) in [4.78, 5) is 29.8. The Morgan fingerprint density at radius 1 is 1.10 bits per heavy atom. The van der Waals surface area contributed by atoms with Gasteiger partial charge in [0, 0.05) is 44.2 Å². The highest BCUT2D eigenvalue weighted by molar-refractivity contribution is 5.78. The second-order valence-electron chi connectivity index (χ2n) is 7.56. The maximum atomic E-state index is 12.5. The van der Waals surface area contributed by atoms with Crippen LogP contribution in [0.4, 0.5) is 0 Å². The molecule has 0 bridgehead atoms. The molecule has 3 rings (SSSR count). The van der Waals surface area contributed by atoms with Crippen LogP contribution in [-0.2, 0) is 16.1 Å². The first-order chi connectivity index (χ1) is 14.0. The number of piperazine rings is 1. The summed E-state index contributed by atoms with van der Waals surface area (Å²) in [6.45, 7) is 7.62. The molecule has 0 atom stereocenters. The molecule has 0 unspecified atom stereocenters. The van der Waals surface area contributed by atoms with Gasteiger partial charge >= 0.3 is 0 Å². The third-order valence-electron chi connectivity index (χ3n) is 4.78. The molecule has 9 heteroatoms. The number of hydrogen-bond donors (Lipinski definition) is 1. The lowest BCUT2D eigenvalue weighted by Gasteiger charge is -2.34. The van der Waals surface area contributed by atoms with Crippen molar-refractivity contribution >= 4 is 11.8 Å². The number of hydrogen-bond acceptors (Lipinski definition) is 6. The maximum absolute atomic E-state index is 12.5. The monoisotopic (exact) mass is 399 g/mol. The van der Waals surface area contributed by atoms with Crippen LogP contribution in [0.2, 0.25) is 0 Å². The molecule has 1 aliphatic rings. The molecule has 2 amide bonds. The van der Waals surface area contributed by atoms with Crippen molar-refractivity contribution in [2.24, 2.45) is 0 Å². The van der Waals surface area contributed by atoms with E-state index < -0.39 is 0 Å². The summed E-state index contributed by atoms with van der Waals surface area (Å²) in [5, 5.41) is 15.4. The second kappa shape index (κ2) is 10.1. The van der Waals surface area contributed by atoms with Crippen molar-refractivity contribution < 1.29 is 9.59 Å². The van der Waals surface area contributed by atoms with Crippen LogP contribution in [0, 0.1) is 0 Å². The van der Waals surface area contributed by atoms with Crippen LogP contribution in [0.3, 0.4) is 0 Å². The van der Waals surface area contributed by atoms with E-state index >= 15 is 0 Å². The topological polar surface area (TPSA) is 96.2 Å². The first-order valence-electron chi connectivity index (χ1n) is 10.1. The number of tetrazole rings is 1. The van der Waals surface area contributed by atoms with Crippen LogP contribution >= 0.6 is 0 Å². The van der Waals surface area contributed by atoms with Gasteiger partial charge in [0.25, 0.3) is 0 Å². The minimum absolute atomic E-state index is 0.0370. The summed E-state index contributed by atoms with van der Waals surface area (Å²) in [6, 6.07) is 9.85. The average Bonchev–Trinajstić information content (AvgIpc) is 3.17. The van der Waals surface area contributed by atoms with E-state index in [0.717, 1.165) is 18.7 Å². The highest BCUT2D eigenvalue weighted by Crippen LogP contribution is 2.12. The van der Waals surface area contributed by atoms with Gasteiger partial charge in [-0.1, -0.05) is 30.3 Å². The van der Waals surface area contributed by atoms with Gasteiger partial charge in [-0.15, -0.1) is 10.2 Å². The molecule has 1 fully saturated rings. The predicted molar refractivity (Wildman–Crippen MR) is 109 cm³/mol. The quantitative estimate of drug-likeness (QED) is 0.705. The molecule has 0 saturated carbocycles. The Balaban J connectivity index is 1.36. The number of benzene rings is 1. The van der Waals surface area contributed by atoms with E-state index in [1.807, 2.05) is 49.1 Å². The molecule has 0 aliphatic carbocycles. The Morgan fingerprint density at radius 3 is 2.52 bits per heavy atom. The van der Waals surface area contributed by atoms with Crippen LogP contribution in [0.5, 0.6) is 0 Å². The van der Waals surface area contributed by atoms with Gasteiger partial charge in [-0.3, -0.25) is 14.5 Å². The van der Waals surface area contributed by atoms with Crippen LogP contribution < -0.4 is 5.32 Å². The summed E-state index contributed by atoms with van der Waals surface area (Å²) in [5.74, 6) is 0.768. The molecule has 2 aromatic rings. The SMILES string of the molecule is CC(C)NC(=O)CN1CCN(C(=O)CCCn2nnc(-c3ccccc3)n2)CC1. The minimum atomic E-state index is 0.0370. The number of aromatic nitrogens is 4. The number of aryl methyl sites for hydroxylation is 1. The van der Waals surface area contributed by atoms with E-state index in [1.54, 1.807) is 4.80 Å². The Morgan fingerprint density at radius 2 is 1.83 bits per heavy atom. The number of carbonyl (C=O) groups excluding carboxylic acids is 2. The molecule has 2 heterocycles. The lowest BCUT2D eigenvalue weighted by atomic mass is 10.2. The normalized spacial score (nSPS) is 14.9. The Hall–Kier alpha value is -2.81. The number of carbonyl (C=O) groups is 2. The zero-order valence-corrected chi connectivity index (χ0v) is 17.1.